The van der Waals surface area contributed by atoms with Crippen LogP contribution in [-0.2, 0) is 10.0 Å². The van der Waals surface area contributed by atoms with Crippen LogP contribution >= 0.6 is 11.6 Å². The summed E-state index contributed by atoms with van der Waals surface area (Å²) in [5.74, 6) is -0.201. The Bertz CT molecular complexity index is 673. The standard InChI is InChI=1S/C15H21ClN2O3S/c1-11-6-4-5-9-18(11)15(19)13-10-12(7-8-14(13)16)22(20,21)17(2)3/h7-8,10-11H,4-6,9H2,1-3H3/t11-/m1/s1. The molecule has 0 radical (unpaired) electrons. The number of nitrogens with zero attached hydrogens (tertiary/aromatic N) is 2. The zero-order chi connectivity index (χ0) is 16.5. The van der Waals surface area contributed by atoms with Gasteiger partial charge in [-0.05, 0) is 44.4 Å². The van der Waals surface area contributed by atoms with E-state index in [9.17, 15) is 13.2 Å². The third-order valence-corrected chi connectivity index (χ3v) is 6.15. The molecular weight excluding hydrogens is 324 g/mol. The minimum absolute atomic E-state index is 0.0786. The van der Waals surface area contributed by atoms with Gasteiger partial charge in [0.05, 0.1) is 15.5 Å². The molecule has 1 atom stereocenters. The highest BCUT2D eigenvalue weighted by molar-refractivity contribution is 7.89. The number of sulfonamides is 1. The van der Waals surface area contributed by atoms with Crippen LogP contribution < -0.4 is 0 Å². The second-order valence-electron chi connectivity index (χ2n) is 5.77. The molecule has 0 aliphatic carbocycles. The number of carbonyl (C=O) groups is 1. The van der Waals surface area contributed by atoms with Gasteiger partial charge in [0.1, 0.15) is 0 Å². The SMILES string of the molecule is C[C@@H]1CCCCN1C(=O)c1cc(S(=O)(=O)N(C)C)ccc1Cl. The van der Waals surface area contributed by atoms with Crippen LogP contribution in [0.3, 0.4) is 0 Å². The molecule has 0 aromatic heterocycles. The number of halogens is 1. The van der Waals surface area contributed by atoms with Crippen LogP contribution in [0.4, 0.5) is 0 Å². The topological polar surface area (TPSA) is 57.7 Å². The van der Waals surface area contributed by atoms with Crippen LogP contribution in [0, 0.1) is 0 Å². The van der Waals surface area contributed by atoms with Gasteiger partial charge in [-0.1, -0.05) is 11.6 Å². The summed E-state index contributed by atoms with van der Waals surface area (Å²) in [6.07, 6.45) is 3.02. The molecule has 0 bridgehead atoms. The summed E-state index contributed by atoms with van der Waals surface area (Å²) < 4.78 is 25.6. The van der Waals surface area contributed by atoms with Gasteiger partial charge in [-0.2, -0.15) is 0 Å². The van der Waals surface area contributed by atoms with Crippen molar-refractivity contribution in [2.75, 3.05) is 20.6 Å². The molecule has 22 heavy (non-hydrogen) atoms. The van der Waals surface area contributed by atoms with Gasteiger partial charge in [0.15, 0.2) is 0 Å². The normalized spacial score (nSPS) is 19.5. The van der Waals surface area contributed by atoms with Crippen LogP contribution in [0.25, 0.3) is 0 Å². The van der Waals surface area contributed by atoms with E-state index in [1.165, 1.54) is 32.3 Å². The minimum Gasteiger partial charge on any atom is -0.336 e. The Labute approximate surface area is 136 Å². The lowest BCUT2D eigenvalue weighted by Gasteiger charge is -2.33. The van der Waals surface area contributed by atoms with Gasteiger partial charge in [0, 0.05) is 26.7 Å². The summed E-state index contributed by atoms with van der Waals surface area (Å²) in [5.41, 5.74) is 0.248. The fourth-order valence-electron chi connectivity index (χ4n) is 2.59. The van der Waals surface area contributed by atoms with Crippen molar-refractivity contribution in [2.24, 2.45) is 0 Å². The number of piperidine rings is 1. The van der Waals surface area contributed by atoms with E-state index in [-0.39, 0.29) is 27.4 Å². The van der Waals surface area contributed by atoms with Gasteiger partial charge >= 0.3 is 0 Å². The number of carbonyl (C=O) groups excluding carboxylic acids is 1. The Morgan fingerprint density at radius 2 is 2.00 bits per heavy atom. The van der Waals surface area contributed by atoms with Crippen molar-refractivity contribution in [3.8, 4) is 0 Å². The highest BCUT2D eigenvalue weighted by atomic mass is 35.5. The molecule has 2 rings (SSSR count). The van der Waals surface area contributed by atoms with E-state index in [0.717, 1.165) is 23.6 Å². The molecule has 0 saturated carbocycles. The van der Waals surface area contributed by atoms with Gasteiger partial charge < -0.3 is 4.90 Å². The Kier molecular flexibility index (Phi) is 5.14. The van der Waals surface area contributed by atoms with Crippen molar-refractivity contribution >= 4 is 27.5 Å². The van der Waals surface area contributed by atoms with E-state index in [1.54, 1.807) is 4.90 Å². The Balaban J connectivity index is 2.41. The predicted molar refractivity (Wildman–Crippen MR) is 86.7 cm³/mol. The smallest absolute Gasteiger partial charge is 0.255 e. The molecule has 1 fully saturated rings. The average Bonchev–Trinajstić information content (AvgIpc) is 2.47. The highest BCUT2D eigenvalue weighted by Crippen LogP contribution is 2.26. The lowest BCUT2D eigenvalue weighted by atomic mass is 10.0. The van der Waals surface area contributed by atoms with Gasteiger partial charge in [-0.25, -0.2) is 12.7 Å². The summed E-state index contributed by atoms with van der Waals surface area (Å²) in [7, 11) is -0.677. The molecule has 0 spiro atoms. The first-order chi connectivity index (χ1) is 10.2. The molecule has 1 saturated heterocycles. The molecular formula is C15H21ClN2O3S. The van der Waals surface area contributed by atoms with Crippen molar-refractivity contribution in [2.45, 2.75) is 37.1 Å². The molecule has 5 nitrogen and oxygen atoms in total. The number of hydrogen-bond acceptors (Lipinski definition) is 3. The molecule has 1 aliphatic rings. The van der Waals surface area contributed by atoms with Crippen LogP contribution in [0.15, 0.2) is 23.1 Å². The van der Waals surface area contributed by atoms with Crippen molar-refractivity contribution in [1.29, 1.82) is 0 Å². The quantitative estimate of drug-likeness (QED) is 0.846. The summed E-state index contributed by atoms with van der Waals surface area (Å²) >= 11 is 6.13. The van der Waals surface area contributed by atoms with E-state index in [0.29, 0.717) is 6.54 Å². The Morgan fingerprint density at radius 1 is 1.32 bits per heavy atom. The largest absolute Gasteiger partial charge is 0.336 e. The molecule has 122 valence electrons. The Morgan fingerprint density at radius 3 is 2.59 bits per heavy atom. The molecule has 1 aliphatic heterocycles. The van der Waals surface area contributed by atoms with Crippen LogP contribution in [0.5, 0.6) is 0 Å². The van der Waals surface area contributed by atoms with Gasteiger partial charge in [-0.3, -0.25) is 4.79 Å². The minimum atomic E-state index is -3.59. The number of amides is 1. The summed E-state index contributed by atoms with van der Waals surface area (Å²) in [4.78, 5) is 14.6. The van der Waals surface area contributed by atoms with Crippen molar-refractivity contribution in [3.05, 3.63) is 28.8 Å². The highest BCUT2D eigenvalue weighted by Gasteiger charge is 2.27. The molecule has 7 heteroatoms. The third kappa shape index (κ3) is 3.29. The fraction of sp³-hybridized carbons (Fsp3) is 0.533. The second-order valence-corrected chi connectivity index (χ2v) is 8.33. The lowest BCUT2D eigenvalue weighted by Crippen LogP contribution is -2.42. The van der Waals surface area contributed by atoms with E-state index in [1.807, 2.05) is 6.92 Å². The molecule has 0 N–H and O–H groups in total. The summed E-state index contributed by atoms with van der Waals surface area (Å²) in [5, 5.41) is 0.278. The first-order valence-corrected chi connectivity index (χ1v) is 9.10. The van der Waals surface area contributed by atoms with Gasteiger partial charge in [0.25, 0.3) is 5.91 Å². The van der Waals surface area contributed by atoms with Crippen LogP contribution in [0.2, 0.25) is 5.02 Å². The van der Waals surface area contributed by atoms with Gasteiger partial charge in [0.2, 0.25) is 10.0 Å². The predicted octanol–water partition coefficient (Wildman–Crippen LogP) is 2.60. The average molecular weight is 345 g/mol. The van der Waals surface area contributed by atoms with Gasteiger partial charge in [-0.15, -0.1) is 0 Å². The van der Waals surface area contributed by atoms with E-state index < -0.39 is 10.0 Å². The molecule has 1 heterocycles. The maximum Gasteiger partial charge on any atom is 0.255 e. The summed E-state index contributed by atoms with van der Waals surface area (Å²) in [6.45, 7) is 2.69. The maximum atomic E-state index is 12.7. The van der Waals surface area contributed by atoms with E-state index >= 15 is 0 Å². The van der Waals surface area contributed by atoms with Crippen LogP contribution in [-0.4, -0.2) is 50.2 Å². The third-order valence-electron chi connectivity index (χ3n) is 4.01. The zero-order valence-corrected chi connectivity index (χ0v) is 14.6. The number of rotatable bonds is 3. The van der Waals surface area contributed by atoms with Crippen molar-refractivity contribution < 1.29 is 13.2 Å². The maximum absolute atomic E-state index is 12.7. The first-order valence-electron chi connectivity index (χ1n) is 7.28. The molecule has 1 aromatic rings. The number of likely N-dealkylation sites (tertiary alicyclic amines) is 1. The fourth-order valence-corrected chi connectivity index (χ4v) is 3.72. The zero-order valence-electron chi connectivity index (χ0n) is 13.0. The summed E-state index contributed by atoms with van der Waals surface area (Å²) in [6, 6.07) is 4.42. The number of hydrogen-bond donors (Lipinski definition) is 0. The Hall–Kier alpha value is -1.11. The second kappa shape index (κ2) is 6.56. The van der Waals surface area contributed by atoms with Crippen molar-refractivity contribution in [1.82, 2.24) is 9.21 Å². The first kappa shape index (κ1) is 17.2. The monoisotopic (exact) mass is 344 g/mol. The molecule has 1 aromatic carbocycles. The molecule has 0 unspecified atom stereocenters. The van der Waals surface area contributed by atoms with E-state index in [2.05, 4.69) is 0 Å². The lowest BCUT2D eigenvalue weighted by molar-refractivity contribution is 0.0635. The van der Waals surface area contributed by atoms with Crippen molar-refractivity contribution in [3.63, 3.8) is 0 Å². The van der Waals surface area contributed by atoms with E-state index in [4.69, 9.17) is 11.6 Å². The molecule has 1 amide bonds. The van der Waals surface area contributed by atoms with Crippen LogP contribution in [0.1, 0.15) is 36.5 Å². The number of benzene rings is 1.